The van der Waals surface area contributed by atoms with Crippen molar-refractivity contribution in [3.05, 3.63) is 36.2 Å². The molecular weight excluding hydrogens is 292 g/mol. The molecule has 0 bridgehead atoms. The number of benzene rings is 1. The number of aryl methyl sites for hydroxylation is 1. The van der Waals surface area contributed by atoms with Gasteiger partial charge in [-0.05, 0) is 50.8 Å². The first kappa shape index (κ1) is 15.6. The van der Waals surface area contributed by atoms with Crippen molar-refractivity contribution in [2.45, 2.75) is 38.6 Å². The average molecular weight is 314 g/mol. The molecule has 1 aromatic carbocycles. The molecule has 0 radical (unpaired) electrons. The van der Waals surface area contributed by atoms with E-state index in [1.54, 1.807) is 6.26 Å². The van der Waals surface area contributed by atoms with E-state index in [1.807, 2.05) is 25.1 Å². The Kier molecular flexibility index (Phi) is 4.65. The molecule has 1 saturated carbocycles. The van der Waals surface area contributed by atoms with Crippen molar-refractivity contribution in [2.75, 3.05) is 12.4 Å². The zero-order chi connectivity index (χ0) is 16.2. The van der Waals surface area contributed by atoms with E-state index in [1.165, 1.54) is 7.11 Å². The second kappa shape index (κ2) is 6.86. The third-order valence-electron chi connectivity index (χ3n) is 4.36. The monoisotopic (exact) mass is 314 g/mol. The van der Waals surface area contributed by atoms with Crippen LogP contribution in [0, 0.1) is 12.8 Å². The van der Waals surface area contributed by atoms with Crippen LogP contribution < -0.4 is 5.32 Å². The van der Waals surface area contributed by atoms with Crippen LogP contribution in [0.25, 0.3) is 11.5 Å². The fraction of sp³-hybridized carbons (Fsp3) is 0.444. The molecule has 1 aliphatic carbocycles. The van der Waals surface area contributed by atoms with E-state index < -0.39 is 0 Å². The van der Waals surface area contributed by atoms with Crippen LogP contribution in [0.2, 0.25) is 0 Å². The molecule has 0 unspecified atom stereocenters. The molecule has 1 fully saturated rings. The maximum absolute atomic E-state index is 11.6. The van der Waals surface area contributed by atoms with E-state index in [9.17, 15) is 4.79 Å². The predicted molar refractivity (Wildman–Crippen MR) is 88.1 cm³/mol. The van der Waals surface area contributed by atoms with Crippen molar-refractivity contribution >= 4 is 11.7 Å². The zero-order valence-corrected chi connectivity index (χ0v) is 13.5. The lowest BCUT2D eigenvalue weighted by Gasteiger charge is -2.28. The van der Waals surface area contributed by atoms with E-state index in [4.69, 9.17) is 9.15 Å². The maximum atomic E-state index is 11.6. The molecule has 3 rings (SSSR count). The van der Waals surface area contributed by atoms with Gasteiger partial charge in [0.1, 0.15) is 6.26 Å². The van der Waals surface area contributed by atoms with E-state index in [2.05, 4.69) is 16.4 Å². The Bertz CT molecular complexity index is 672. The van der Waals surface area contributed by atoms with E-state index in [-0.39, 0.29) is 11.9 Å². The number of rotatable bonds is 4. The second-order valence-corrected chi connectivity index (χ2v) is 6.09. The van der Waals surface area contributed by atoms with Gasteiger partial charge >= 0.3 is 5.97 Å². The fourth-order valence-corrected chi connectivity index (χ4v) is 3.10. The lowest BCUT2D eigenvalue weighted by atomic mass is 9.86. The van der Waals surface area contributed by atoms with Crippen molar-refractivity contribution in [2.24, 2.45) is 5.92 Å². The molecular formula is C18H22N2O3. The van der Waals surface area contributed by atoms with Crippen LogP contribution in [0.1, 0.15) is 31.4 Å². The van der Waals surface area contributed by atoms with Gasteiger partial charge in [-0.25, -0.2) is 4.98 Å². The zero-order valence-electron chi connectivity index (χ0n) is 13.5. The van der Waals surface area contributed by atoms with Crippen LogP contribution >= 0.6 is 0 Å². The van der Waals surface area contributed by atoms with E-state index in [0.29, 0.717) is 11.9 Å². The largest absolute Gasteiger partial charge is 0.469 e. The summed E-state index contributed by atoms with van der Waals surface area (Å²) in [5, 5.41) is 3.55. The minimum Gasteiger partial charge on any atom is -0.469 e. The third-order valence-corrected chi connectivity index (χ3v) is 4.36. The predicted octanol–water partition coefficient (Wildman–Crippen LogP) is 3.79. The third kappa shape index (κ3) is 3.73. The number of methoxy groups -OCH3 is 1. The van der Waals surface area contributed by atoms with Gasteiger partial charge in [-0.3, -0.25) is 4.79 Å². The summed E-state index contributed by atoms with van der Waals surface area (Å²) in [7, 11) is 1.46. The van der Waals surface area contributed by atoms with E-state index in [0.717, 1.165) is 42.6 Å². The molecule has 0 amide bonds. The van der Waals surface area contributed by atoms with Gasteiger partial charge in [0.05, 0.1) is 18.7 Å². The smallest absolute Gasteiger partial charge is 0.308 e. The summed E-state index contributed by atoms with van der Waals surface area (Å²) in [6, 6.07) is 8.48. The van der Waals surface area contributed by atoms with Gasteiger partial charge in [0, 0.05) is 17.3 Å². The van der Waals surface area contributed by atoms with Crippen LogP contribution in [0.5, 0.6) is 0 Å². The van der Waals surface area contributed by atoms with Gasteiger partial charge in [0.25, 0.3) is 0 Å². The summed E-state index contributed by atoms with van der Waals surface area (Å²) in [6.07, 6.45) is 5.36. The summed E-state index contributed by atoms with van der Waals surface area (Å²) >= 11 is 0. The van der Waals surface area contributed by atoms with Crippen LogP contribution in [0.3, 0.4) is 0 Å². The van der Waals surface area contributed by atoms with Crippen molar-refractivity contribution in [3.8, 4) is 11.5 Å². The van der Waals surface area contributed by atoms with Crippen molar-refractivity contribution in [1.29, 1.82) is 0 Å². The number of oxazole rings is 1. The van der Waals surface area contributed by atoms with Crippen molar-refractivity contribution < 1.29 is 13.9 Å². The average Bonchev–Trinajstić information content (AvgIpc) is 3.02. The highest BCUT2D eigenvalue weighted by atomic mass is 16.5. The highest BCUT2D eigenvalue weighted by Gasteiger charge is 2.26. The maximum Gasteiger partial charge on any atom is 0.308 e. The summed E-state index contributed by atoms with van der Waals surface area (Å²) in [5.74, 6) is 0.616. The summed E-state index contributed by atoms with van der Waals surface area (Å²) < 4.78 is 10.3. The molecule has 0 saturated heterocycles. The lowest BCUT2D eigenvalue weighted by Crippen LogP contribution is -2.29. The quantitative estimate of drug-likeness (QED) is 0.870. The van der Waals surface area contributed by atoms with Gasteiger partial charge in [-0.2, -0.15) is 0 Å². The molecule has 2 aromatic rings. The first-order chi connectivity index (χ1) is 11.2. The lowest BCUT2D eigenvalue weighted by molar-refractivity contribution is -0.146. The molecule has 5 heteroatoms. The molecule has 122 valence electrons. The molecule has 1 heterocycles. The van der Waals surface area contributed by atoms with Crippen LogP contribution in [0.4, 0.5) is 5.69 Å². The highest BCUT2D eigenvalue weighted by molar-refractivity contribution is 5.72. The second-order valence-electron chi connectivity index (χ2n) is 6.09. The molecule has 23 heavy (non-hydrogen) atoms. The fourth-order valence-electron chi connectivity index (χ4n) is 3.10. The number of anilines is 1. The molecule has 1 aromatic heterocycles. The Morgan fingerprint density at radius 1 is 1.30 bits per heavy atom. The molecule has 5 nitrogen and oxygen atoms in total. The Hall–Kier alpha value is -2.30. The normalized spacial score (nSPS) is 21.0. The topological polar surface area (TPSA) is 64.4 Å². The standard InChI is InChI=1S/C18H22N2O3/c1-12-11-23-17(19-12)14-4-3-5-16(10-14)20-15-8-6-13(7-9-15)18(21)22-2/h3-5,10-11,13,15,20H,6-9H2,1-2H3. The number of ether oxygens (including phenoxy) is 1. The van der Waals surface area contributed by atoms with Crippen molar-refractivity contribution in [1.82, 2.24) is 4.98 Å². The van der Waals surface area contributed by atoms with Gasteiger partial charge in [0.2, 0.25) is 5.89 Å². The number of hydrogen-bond acceptors (Lipinski definition) is 5. The van der Waals surface area contributed by atoms with Crippen LogP contribution in [-0.2, 0) is 9.53 Å². The molecule has 0 atom stereocenters. The van der Waals surface area contributed by atoms with Gasteiger partial charge in [-0.1, -0.05) is 6.07 Å². The first-order valence-corrected chi connectivity index (χ1v) is 8.02. The number of hydrogen-bond donors (Lipinski definition) is 1. The number of aromatic nitrogens is 1. The number of carbonyl (C=O) groups is 1. The Balaban J connectivity index is 1.62. The van der Waals surface area contributed by atoms with Crippen molar-refractivity contribution in [3.63, 3.8) is 0 Å². The van der Waals surface area contributed by atoms with E-state index >= 15 is 0 Å². The summed E-state index contributed by atoms with van der Waals surface area (Å²) in [4.78, 5) is 15.9. The SMILES string of the molecule is COC(=O)C1CCC(Nc2cccc(-c3nc(C)co3)c2)CC1. The summed E-state index contributed by atoms with van der Waals surface area (Å²) in [6.45, 7) is 1.91. The number of carbonyl (C=O) groups excluding carboxylic acids is 1. The molecule has 0 aliphatic heterocycles. The van der Waals surface area contributed by atoms with Gasteiger partial charge in [0.15, 0.2) is 0 Å². The number of nitrogens with zero attached hydrogens (tertiary/aromatic N) is 1. The summed E-state index contributed by atoms with van der Waals surface area (Å²) in [5.41, 5.74) is 2.89. The molecule has 1 N–H and O–H groups in total. The van der Waals surface area contributed by atoms with Crippen LogP contribution in [-0.4, -0.2) is 24.1 Å². The number of nitrogens with one attached hydrogen (secondary N) is 1. The minimum absolute atomic E-state index is 0.0553. The Labute approximate surface area is 136 Å². The first-order valence-electron chi connectivity index (χ1n) is 8.02. The Morgan fingerprint density at radius 3 is 2.74 bits per heavy atom. The molecule has 0 spiro atoms. The minimum atomic E-state index is -0.0790. The number of esters is 1. The van der Waals surface area contributed by atoms with Crippen LogP contribution in [0.15, 0.2) is 34.9 Å². The molecule has 1 aliphatic rings. The highest BCUT2D eigenvalue weighted by Crippen LogP contribution is 2.29. The van der Waals surface area contributed by atoms with Gasteiger partial charge < -0.3 is 14.5 Å². The Morgan fingerprint density at radius 2 is 2.09 bits per heavy atom. The van der Waals surface area contributed by atoms with Gasteiger partial charge in [-0.15, -0.1) is 0 Å².